The van der Waals surface area contributed by atoms with Crippen LogP contribution in [-0.2, 0) is 0 Å². The molecule has 2 aromatic rings. The number of nitrogens with zero attached hydrogens (tertiary/aromatic N) is 1. The topological polar surface area (TPSA) is 46.3 Å². The van der Waals surface area contributed by atoms with Crippen LogP contribution in [0.2, 0.25) is 5.02 Å². The number of carbonyl (C=O) groups excluding carboxylic acids is 1. The van der Waals surface area contributed by atoms with E-state index in [1.165, 1.54) is 5.56 Å². The summed E-state index contributed by atoms with van der Waals surface area (Å²) in [5.74, 6) is 0.511. The molecular formula is C18H18BrClN2O. The van der Waals surface area contributed by atoms with Gasteiger partial charge in [-0.3, -0.25) is 4.79 Å². The molecule has 1 aliphatic heterocycles. The number of hydrogen-bond acceptors (Lipinski definition) is 2. The number of benzene rings is 2. The maximum atomic E-state index is 12.8. The minimum Gasteiger partial charge on any atom is -0.338 e. The largest absolute Gasteiger partial charge is 0.338 e. The lowest BCUT2D eigenvalue weighted by Gasteiger charge is -2.17. The van der Waals surface area contributed by atoms with Gasteiger partial charge in [0, 0.05) is 23.5 Å². The Labute approximate surface area is 149 Å². The van der Waals surface area contributed by atoms with Gasteiger partial charge in [0.1, 0.15) is 0 Å². The van der Waals surface area contributed by atoms with Gasteiger partial charge in [0.2, 0.25) is 0 Å². The minimum absolute atomic E-state index is 0.0341. The molecule has 5 heteroatoms. The van der Waals surface area contributed by atoms with Gasteiger partial charge >= 0.3 is 0 Å². The Morgan fingerprint density at radius 2 is 1.96 bits per heavy atom. The van der Waals surface area contributed by atoms with Crippen LogP contribution >= 0.6 is 27.5 Å². The predicted molar refractivity (Wildman–Crippen MR) is 96.8 cm³/mol. The van der Waals surface area contributed by atoms with Crippen molar-refractivity contribution in [1.82, 2.24) is 4.90 Å². The number of rotatable bonds is 3. The molecule has 0 aliphatic carbocycles. The first kappa shape index (κ1) is 16.5. The van der Waals surface area contributed by atoms with Crippen molar-refractivity contribution in [3.63, 3.8) is 0 Å². The number of halogens is 2. The highest BCUT2D eigenvalue weighted by molar-refractivity contribution is 9.10. The Morgan fingerprint density at radius 3 is 2.65 bits per heavy atom. The van der Waals surface area contributed by atoms with E-state index in [0.29, 0.717) is 30.2 Å². The van der Waals surface area contributed by atoms with Crippen LogP contribution in [0.5, 0.6) is 0 Å². The molecule has 120 valence electrons. The quantitative estimate of drug-likeness (QED) is 0.859. The first-order valence-electron chi connectivity index (χ1n) is 7.59. The number of amides is 1. The van der Waals surface area contributed by atoms with Gasteiger partial charge < -0.3 is 10.6 Å². The average molecular weight is 394 g/mol. The summed E-state index contributed by atoms with van der Waals surface area (Å²) in [6.45, 7) is 1.90. The lowest BCUT2D eigenvalue weighted by Crippen LogP contribution is -2.30. The molecule has 0 aromatic heterocycles. The summed E-state index contributed by atoms with van der Waals surface area (Å²) in [6, 6.07) is 15.6. The third-order valence-electron chi connectivity index (χ3n) is 4.42. The minimum atomic E-state index is -0.0341. The third kappa shape index (κ3) is 3.44. The smallest absolute Gasteiger partial charge is 0.255 e. The van der Waals surface area contributed by atoms with Crippen molar-refractivity contribution in [3.8, 4) is 0 Å². The van der Waals surface area contributed by atoms with E-state index in [1.807, 2.05) is 29.2 Å². The molecule has 3 rings (SSSR count). The van der Waals surface area contributed by atoms with E-state index >= 15 is 0 Å². The lowest BCUT2D eigenvalue weighted by atomic mass is 9.89. The molecule has 2 N–H and O–H groups in total. The zero-order valence-corrected chi connectivity index (χ0v) is 14.9. The van der Waals surface area contributed by atoms with Crippen LogP contribution in [-0.4, -0.2) is 30.4 Å². The normalized spacial score (nSPS) is 20.7. The van der Waals surface area contributed by atoms with E-state index in [2.05, 4.69) is 28.1 Å². The molecule has 3 nitrogen and oxygen atoms in total. The van der Waals surface area contributed by atoms with Crippen molar-refractivity contribution in [1.29, 1.82) is 0 Å². The zero-order chi connectivity index (χ0) is 16.4. The van der Waals surface area contributed by atoms with E-state index in [0.717, 1.165) is 4.47 Å². The van der Waals surface area contributed by atoms with Gasteiger partial charge in [-0.05, 0) is 36.2 Å². The second kappa shape index (κ2) is 7.04. The van der Waals surface area contributed by atoms with E-state index in [9.17, 15) is 4.79 Å². The Hall–Kier alpha value is -1.36. The Kier molecular flexibility index (Phi) is 5.05. The summed E-state index contributed by atoms with van der Waals surface area (Å²) in [4.78, 5) is 14.7. The van der Waals surface area contributed by atoms with Gasteiger partial charge in [-0.15, -0.1) is 0 Å². The van der Waals surface area contributed by atoms with E-state index in [1.54, 1.807) is 12.1 Å². The van der Waals surface area contributed by atoms with Crippen molar-refractivity contribution in [3.05, 3.63) is 69.2 Å². The maximum Gasteiger partial charge on any atom is 0.255 e. The molecular weight excluding hydrogens is 376 g/mol. The van der Waals surface area contributed by atoms with Gasteiger partial charge in [0.25, 0.3) is 5.91 Å². The van der Waals surface area contributed by atoms with Crippen LogP contribution in [0.1, 0.15) is 21.8 Å². The highest BCUT2D eigenvalue weighted by Gasteiger charge is 2.36. The molecule has 0 saturated carbocycles. The summed E-state index contributed by atoms with van der Waals surface area (Å²) >= 11 is 9.60. The molecule has 1 saturated heterocycles. The number of carbonyl (C=O) groups is 1. The fourth-order valence-electron chi connectivity index (χ4n) is 3.19. The molecule has 2 atom stereocenters. The van der Waals surface area contributed by atoms with Crippen LogP contribution in [0.25, 0.3) is 0 Å². The summed E-state index contributed by atoms with van der Waals surface area (Å²) in [6.07, 6.45) is 0. The number of nitrogens with two attached hydrogens (primary N) is 1. The second-order valence-electron chi connectivity index (χ2n) is 5.85. The monoisotopic (exact) mass is 392 g/mol. The van der Waals surface area contributed by atoms with Gasteiger partial charge in [-0.1, -0.05) is 57.9 Å². The van der Waals surface area contributed by atoms with Crippen LogP contribution in [0.4, 0.5) is 0 Å². The predicted octanol–water partition coefficient (Wildman–Crippen LogP) is 3.92. The summed E-state index contributed by atoms with van der Waals surface area (Å²) in [7, 11) is 0. The van der Waals surface area contributed by atoms with Crippen LogP contribution in [0, 0.1) is 5.92 Å². The summed E-state index contributed by atoms with van der Waals surface area (Å²) in [5.41, 5.74) is 7.71. The molecule has 0 spiro atoms. The molecule has 2 aromatic carbocycles. The summed E-state index contributed by atoms with van der Waals surface area (Å²) in [5, 5.41) is 0.477. The fourth-order valence-corrected chi connectivity index (χ4v) is 3.74. The van der Waals surface area contributed by atoms with Gasteiger partial charge in [0.05, 0.1) is 10.6 Å². The van der Waals surface area contributed by atoms with Crippen molar-refractivity contribution in [2.75, 3.05) is 19.6 Å². The van der Waals surface area contributed by atoms with Crippen molar-refractivity contribution in [2.45, 2.75) is 5.92 Å². The Bertz CT molecular complexity index is 707. The van der Waals surface area contributed by atoms with E-state index in [4.69, 9.17) is 17.3 Å². The molecule has 0 radical (unpaired) electrons. The molecule has 23 heavy (non-hydrogen) atoms. The molecule has 0 bridgehead atoms. The number of hydrogen-bond donors (Lipinski definition) is 1. The van der Waals surface area contributed by atoms with Gasteiger partial charge in [0.15, 0.2) is 0 Å². The highest BCUT2D eigenvalue weighted by atomic mass is 79.9. The van der Waals surface area contributed by atoms with E-state index in [-0.39, 0.29) is 17.7 Å². The Morgan fingerprint density at radius 1 is 1.22 bits per heavy atom. The zero-order valence-electron chi connectivity index (χ0n) is 12.6. The van der Waals surface area contributed by atoms with Crippen molar-refractivity contribution < 1.29 is 4.79 Å². The average Bonchev–Trinajstić information content (AvgIpc) is 3.01. The van der Waals surface area contributed by atoms with Crippen molar-refractivity contribution in [2.24, 2.45) is 11.7 Å². The molecule has 1 aliphatic rings. The maximum absolute atomic E-state index is 12.8. The SMILES string of the molecule is NC[C@@H]1CN(C(=O)c2cc(Br)ccc2Cl)C[C@H]1c1ccccc1. The first-order chi connectivity index (χ1) is 11.1. The van der Waals surface area contributed by atoms with Crippen molar-refractivity contribution >= 4 is 33.4 Å². The van der Waals surface area contributed by atoms with Gasteiger partial charge in [-0.25, -0.2) is 0 Å². The third-order valence-corrected chi connectivity index (χ3v) is 5.24. The summed E-state index contributed by atoms with van der Waals surface area (Å²) < 4.78 is 0.847. The highest BCUT2D eigenvalue weighted by Crippen LogP contribution is 2.33. The van der Waals surface area contributed by atoms with E-state index < -0.39 is 0 Å². The number of likely N-dealkylation sites (tertiary alicyclic amines) is 1. The van der Waals surface area contributed by atoms with Gasteiger partial charge in [-0.2, -0.15) is 0 Å². The lowest BCUT2D eigenvalue weighted by molar-refractivity contribution is 0.0786. The first-order valence-corrected chi connectivity index (χ1v) is 8.76. The molecule has 0 unspecified atom stereocenters. The molecule has 1 heterocycles. The second-order valence-corrected chi connectivity index (χ2v) is 7.17. The van der Waals surface area contributed by atoms with Crippen LogP contribution in [0.15, 0.2) is 53.0 Å². The fraction of sp³-hybridized carbons (Fsp3) is 0.278. The Balaban J connectivity index is 1.84. The standard InChI is InChI=1S/C18H18BrClN2O/c19-14-6-7-17(20)15(8-14)18(23)22-10-13(9-21)16(11-22)12-4-2-1-3-5-12/h1-8,13,16H,9-11,21H2/t13-,16+/m1/s1. The molecule has 1 amide bonds. The van der Waals surface area contributed by atoms with Crippen LogP contribution in [0.3, 0.4) is 0 Å². The molecule has 1 fully saturated rings. The van der Waals surface area contributed by atoms with Crippen LogP contribution < -0.4 is 5.73 Å².